The van der Waals surface area contributed by atoms with E-state index < -0.39 is 0 Å². The summed E-state index contributed by atoms with van der Waals surface area (Å²) in [5.41, 5.74) is 15.8. The molecule has 0 bridgehead atoms. The highest BCUT2D eigenvalue weighted by molar-refractivity contribution is 7.26. The van der Waals surface area contributed by atoms with Crippen molar-refractivity contribution in [3.8, 4) is 5.69 Å². The van der Waals surface area contributed by atoms with E-state index in [2.05, 4.69) is 125 Å². The zero-order valence-electron chi connectivity index (χ0n) is 25.4. The maximum Gasteiger partial charge on any atom is 0.275 e. The highest BCUT2D eigenvalue weighted by Crippen LogP contribution is 2.63. The highest BCUT2D eigenvalue weighted by atomic mass is 32.1. The standard InChI is InChI=1S/C40H30BN3S/c1-39-21-7-8-22-40(39,2)44-35-25-12-3-5-14-27(25)43-29-16-10-15-28-33(29)41(38(35)43)34-30(20-19-26(39)36(34)44)42(28)31-17-9-13-24-23-11-4-6-18-32(23)45-37(24)31/h3-6,9-20H,7-8,21-22H2,1-2H3. The Balaban J connectivity index is 1.27. The van der Waals surface area contributed by atoms with Crippen LogP contribution < -0.4 is 26.3 Å². The fourth-order valence-electron chi connectivity index (χ4n) is 10.6. The quantitative estimate of drug-likeness (QED) is 0.176. The smallest absolute Gasteiger partial charge is 0.275 e. The van der Waals surface area contributed by atoms with E-state index in [1.165, 1.54) is 107 Å². The molecule has 0 radical (unpaired) electrons. The molecule has 6 heterocycles. The van der Waals surface area contributed by atoms with Gasteiger partial charge in [-0.2, -0.15) is 0 Å². The SMILES string of the molecule is CC12CCCCC1(C)N1c3c2ccc2c3B3c4c(cccc4-n4c3c1c1ccccc14)N2c1cccc2c1sc1ccccc12. The van der Waals surface area contributed by atoms with E-state index in [1.54, 1.807) is 5.56 Å². The van der Waals surface area contributed by atoms with Crippen molar-refractivity contribution >= 4 is 94.1 Å². The van der Waals surface area contributed by atoms with Crippen LogP contribution in [0.25, 0.3) is 36.8 Å². The van der Waals surface area contributed by atoms with Crippen molar-refractivity contribution in [1.82, 2.24) is 4.57 Å². The number of para-hydroxylation sites is 1. The van der Waals surface area contributed by atoms with Gasteiger partial charge in [0.25, 0.3) is 6.71 Å². The zero-order chi connectivity index (χ0) is 29.4. The molecule has 5 aliphatic rings. The Labute approximate surface area is 266 Å². The van der Waals surface area contributed by atoms with Gasteiger partial charge >= 0.3 is 0 Å². The van der Waals surface area contributed by atoms with Crippen molar-refractivity contribution in [2.24, 2.45) is 0 Å². The number of hydrogen-bond acceptors (Lipinski definition) is 3. The zero-order valence-corrected chi connectivity index (χ0v) is 26.2. The van der Waals surface area contributed by atoms with Crippen LogP contribution in [0, 0.1) is 0 Å². The van der Waals surface area contributed by atoms with Gasteiger partial charge in [0.15, 0.2) is 0 Å². The second kappa shape index (κ2) is 7.49. The second-order valence-corrected chi connectivity index (χ2v) is 15.4. The summed E-state index contributed by atoms with van der Waals surface area (Å²) < 4.78 is 5.36. The Hall–Kier alpha value is -4.48. The Morgan fingerprint density at radius 1 is 0.644 bits per heavy atom. The van der Waals surface area contributed by atoms with Crippen molar-refractivity contribution in [1.29, 1.82) is 0 Å². The van der Waals surface area contributed by atoms with E-state index in [0.29, 0.717) is 0 Å². The van der Waals surface area contributed by atoms with Gasteiger partial charge < -0.3 is 14.4 Å². The Morgan fingerprint density at radius 2 is 1.38 bits per heavy atom. The molecule has 1 fully saturated rings. The van der Waals surface area contributed by atoms with Crippen molar-refractivity contribution in [3.05, 3.63) is 103 Å². The van der Waals surface area contributed by atoms with Crippen LogP contribution >= 0.6 is 11.3 Å². The summed E-state index contributed by atoms with van der Waals surface area (Å²) in [6, 6.07) is 37.1. The molecule has 3 nitrogen and oxygen atoms in total. The van der Waals surface area contributed by atoms with E-state index in [9.17, 15) is 0 Å². The lowest BCUT2D eigenvalue weighted by molar-refractivity contribution is 0.195. The van der Waals surface area contributed by atoms with Crippen molar-refractivity contribution in [2.75, 3.05) is 9.80 Å². The Bertz CT molecular complexity index is 2520. The molecule has 1 saturated carbocycles. The molecule has 12 rings (SSSR count). The molecule has 45 heavy (non-hydrogen) atoms. The molecule has 1 aliphatic carbocycles. The highest BCUT2D eigenvalue weighted by Gasteiger charge is 2.63. The van der Waals surface area contributed by atoms with Crippen LogP contribution in [0.1, 0.15) is 45.1 Å². The topological polar surface area (TPSA) is 11.4 Å². The third-order valence-electron chi connectivity index (χ3n) is 12.6. The molecule has 4 aliphatic heterocycles. The lowest BCUT2D eigenvalue weighted by Crippen LogP contribution is -2.62. The van der Waals surface area contributed by atoms with Crippen LogP contribution in [0.4, 0.5) is 28.4 Å². The summed E-state index contributed by atoms with van der Waals surface area (Å²) in [6.45, 7) is 5.41. The van der Waals surface area contributed by atoms with Gasteiger partial charge in [0.1, 0.15) is 0 Å². The van der Waals surface area contributed by atoms with Gasteiger partial charge in [0.2, 0.25) is 0 Å². The average Bonchev–Trinajstić information content (AvgIpc) is 3.78. The fraction of sp³-hybridized carbons (Fsp3) is 0.200. The molecule has 0 spiro atoms. The molecular weight excluding hydrogens is 565 g/mol. The van der Waals surface area contributed by atoms with Crippen LogP contribution in [-0.2, 0) is 5.41 Å². The monoisotopic (exact) mass is 595 g/mol. The number of benzene rings is 5. The number of aromatic nitrogens is 1. The summed E-state index contributed by atoms with van der Waals surface area (Å²) in [7, 11) is 0. The number of anilines is 5. The minimum Gasteiger partial charge on any atom is -0.333 e. The largest absolute Gasteiger partial charge is 0.333 e. The molecule has 5 heteroatoms. The number of nitrogens with zero attached hydrogens (tertiary/aromatic N) is 3. The van der Waals surface area contributed by atoms with Crippen LogP contribution in [0.5, 0.6) is 0 Å². The Morgan fingerprint density at radius 3 is 2.31 bits per heavy atom. The van der Waals surface area contributed by atoms with Crippen LogP contribution in [0.3, 0.4) is 0 Å². The van der Waals surface area contributed by atoms with Gasteiger partial charge in [-0.1, -0.05) is 80.4 Å². The number of thiophene rings is 1. The summed E-state index contributed by atoms with van der Waals surface area (Å²) in [5, 5.41) is 4.11. The van der Waals surface area contributed by atoms with Crippen LogP contribution in [0.15, 0.2) is 97.1 Å². The molecule has 2 atom stereocenters. The summed E-state index contributed by atoms with van der Waals surface area (Å²) >= 11 is 1.93. The van der Waals surface area contributed by atoms with E-state index in [0.717, 1.165) is 0 Å². The van der Waals surface area contributed by atoms with E-state index in [4.69, 9.17) is 0 Å². The van der Waals surface area contributed by atoms with E-state index in [-0.39, 0.29) is 17.7 Å². The van der Waals surface area contributed by atoms with Crippen molar-refractivity contribution in [2.45, 2.75) is 50.5 Å². The third-order valence-corrected chi connectivity index (χ3v) is 13.9. The second-order valence-electron chi connectivity index (χ2n) is 14.4. The lowest BCUT2D eigenvalue weighted by atomic mass is 9.36. The molecule has 0 saturated heterocycles. The van der Waals surface area contributed by atoms with Gasteiger partial charge in [0, 0.05) is 54.6 Å². The maximum absolute atomic E-state index is 2.88. The summed E-state index contributed by atoms with van der Waals surface area (Å²) in [5.74, 6) is 0. The molecule has 5 aromatic carbocycles. The van der Waals surface area contributed by atoms with Crippen LogP contribution in [0.2, 0.25) is 0 Å². The minimum absolute atomic E-state index is 0.0322. The first kappa shape index (κ1) is 23.8. The van der Waals surface area contributed by atoms with Gasteiger partial charge in [-0.3, -0.25) is 0 Å². The average molecular weight is 596 g/mol. The van der Waals surface area contributed by atoms with E-state index in [1.807, 2.05) is 11.3 Å². The van der Waals surface area contributed by atoms with Crippen molar-refractivity contribution < 1.29 is 0 Å². The predicted molar refractivity (Wildman–Crippen MR) is 192 cm³/mol. The molecule has 214 valence electrons. The minimum atomic E-state index is 0.0322. The lowest BCUT2D eigenvalue weighted by Gasteiger charge is -2.51. The van der Waals surface area contributed by atoms with Crippen LogP contribution in [-0.4, -0.2) is 16.8 Å². The van der Waals surface area contributed by atoms with Gasteiger partial charge in [-0.15, -0.1) is 11.3 Å². The van der Waals surface area contributed by atoms with Gasteiger partial charge in [-0.25, -0.2) is 0 Å². The number of hydrogen-bond donors (Lipinski definition) is 0. The molecule has 0 amide bonds. The number of rotatable bonds is 1. The summed E-state index contributed by atoms with van der Waals surface area (Å²) in [6.07, 6.45) is 5.07. The van der Waals surface area contributed by atoms with Crippen molar-refractivity contribution in [3.63, 3.8) is 0 Å². The van der Waals surface area contributed by atoms with Gasteiger partial charge in [0.05, 0.1) is 27.1 Å². The third kappa shape index (κ3) is 2.39. The molecule has 7 aromatic rings. The predicted octanol–water partition coefficient (Wildman–Crippen LogP) is 8.67. The van der Waals surface area contributed by atoms with Gasteiger partial charge in [-0.05, 0) is 72.7 Å². The Kier molecular flexibility index (Phi) is 3.97. The number of fused-ring (bicyclic) bond motifs is 11. The molecule has 2 aromatic heterocycles. The molecule has 2 unspecified atom stereocenters. The normalized spacial score (nSPS) is 23.0. The molecule has 0 N–H and O–H groups in total. The first-order valence-corrected chi connectivity index (χ1v) is 17.4. The fourth-order valence-corrected chi connectivity index (χ4v) is 11.8. The summed E-state index contributed by atoms with van der Waals surface area (Å²) in [4.78, 5) is 5.51. The first-order valence-electron chi connectivity index (χ1n) is 16.5. The van der Waals surface area contributed by atoms with E-state index >= 15 is 0 Å². The molecular formula is C40H30BN3S. The maximum atomic E-state index is 2.88. The first-order chi connectivity index (χ1) is 22.1.